The van der Waals surface area contributed by atoms with Crippen LogP contribution >= 0.6 is 0 Å². The summed E-state index contributed by atoms with van der Waals surface area (Å²) in [5.74, 6) is -0.315. The Morgan fingerprint density at radius 2 is 1.90 bits per heavy atom. The quantitative estimate of drug-likeness (QED) is 0.848. The fourth-order valence-electron chi connectivity index (χ4n) is 2.39. The van der Waals surface area contributed by atoms with E-state index in [1.807, 2.05) is 0 Å². The van der Waals surface area contributed by atoms with E-state index >= 15 is 0 Å². The van der Waals surface area contributed by atoms with Gasteiger partial charge in [-0.3, -0.25) is 4.79 Å². The Kier molecular flexibility index (Phi) is 3.66. The largest absolute Gasteiger partial charge is 0.486 e. The second kappa shape index (κ2) is 5.61. The molecule has 2 aliphatic rings. The van der Waals surface area contributed by atoms with E-state index in [2.05, 4.69) is 0 Å². The molecule has 0 bridgehead atoms. The summed E-state index contributed by atoms with van der Waals surface area (Å²) in [5.41, 5.74) is 0.382. The average molecular weight is 293 g/mol. The normalized spacial score (nSPS) is 21.0. The number of nitrogens with zero attached hydrogens (tertiary/aromatic N) is 1. The van der Waals surface area contributed by atoms with Gasteiger partial charge >= 0.3 is 5.97 Å². The average Bonchev–Trinajstić information content (AvgIpc) is 2.53. The molecule has 1 aromatic rings. The van der Waals surface area contributed by atoms with E-state index in [4.69, 9.17) is 14.2 Å². The molecule has 0 radical (unpaired) electrons. The van der Waals surface area contributed by atoms with Gasteiger partial charge in [0.1, 0.15) is 13.2 Å². The lowest BCUT2D eigenvalue weighted by atomic mass is 10.1. The highest BCUT2D eigenvalue weighted by atomic mass is 16.6. The van der Waals surface area contributed by atoms with Crippen molar-refractivity contribution >= 4 is 11.9 Å². The van der Waals surface area contributed by atoms with Crippen molar-refractivity contribution in [3.63, 3.8) is 0 Å². The number of benzene rings is 1. The van der Waals surface area contributed by atoms with Gasteiger partial charge in [-0.1, -0.05) is 0 Å². The Morgan fingerprint density at radius 1 is 1.14 bits per heavy atom. The lowest BCUT2D eigenvalue weighted by Gasteiger charge is -2.33. The van der Waals surface area contributed by atoms with Gasteiger partial charge in [0.25, 0.3) is 5.91 Å². The molecule has 7 heteroatoms. The van der Waals surface area contributed by atoms with Crippen molar-refractivity contribution in [2.75, 3.05) is 33.0 Å². The predicted octanol–water partition coefficient (Wildman–Crippen LogP) is 0.383. The third-order valence-electron chi connectivity index (χ3n) is 3.46. The summed E-state index contributed by atoms with van der Waals surface area (Å²) in [7, 11) is 0. The zero-order valence-electron chi connectivity index (χ0n) is 11.3. The molecule has 1 atom stereocenters. The number of morpholine rings is 1. The van der Waals surface area contributed by atoms with E-state index in [1.54, 1.807) is 18.2 Å². The second-order valence-electron chi connectivity index (χ2n) is 4.79. The van der Waals surface area contributed by atoms with Crippen molar-refractivity contribution in [3.05, 3.63) is 23.8 Å². The van der Waals surface area contributed by atoms with Crippen LogP contribution in [0.2, 0.25) is 0 Å². The van der Waals surface area contributed by atoms with E-state index in [1.165, 1.54) is 4.90 Å². The number of amides is 1. The molecule has 1 N–H and O–H groups in total. The Hall–Kier alpha value is -2.28. The number of rotatable bonds is 2. The van der Waals surface area contributed by atoms with Gasteiger partial charge in [0.2, 0.25) is 0 Å². The van der Waals surface area contributed by atoms with Crippen LogP contribution in [0.15, 0.2) is 18.2 Å². The summed E-state index contributed by atoms with van der Waals surface area (Å²) in [6, 6.07) is 3.91. The molecule has 0 saturated carbocycles. The number of hydrogen-bond donors (Lipinski definition) is 1. The zero-order chi connectivity index (χ0) is 14.8. The minimum absolute atomic E-state index is 0.00558. The number of ether oxygens (including phenoxy) is 3. The lowest BCUT2D eigenvalue weighted by Crippen LogP contribution is -2.52. The highest BCUT2D eigenvalue weighted by molar-refractivity contribution is 5.97. The van der Waals surface area contributed by atoms with E-state index in [0.717, 1.165) is 0 Å². The minimum Gasteiger partial charge on any atom is -0.486 e. The molecular formula is C14H15NO6. The van der Waals surface area contributed by atoms with Crippen molar-refractivity contribution in [2.45, 2.75) is 6.04 Å². The van der Waals surface area contributed by atoms with Crippen LogP contribution in [0.4, 0.5) is 0 Å². The Labute approximate surface area is 121 Å². The highest BCUT2D eigenvalue weighted by Crippen LogP contribution is 2.31. The summed E-state index contributed by atoms with van der Waals surface area (Å²) >= 11 is 0. The van der Waals surface area contributed by atoms with Gasteiger partial charge < -0.3 is 24.2 Å². The molecule has 2 aliphatic heterocycles. The van der Waals surface area contributed by atoms with Crippen molar-refractivity contribution in [3.8, 4) is 11.5 Å². The maximum Gasteiger partial charge on any atom is 0.328 e. The monoisotopic (exact) mass is 293 g/mol. The third-order valence-corrected chi connectivity index (χ3v) is 3.46. The number of carboxylic acids is 1. The van der Waals surface area contributed by atoms with Crippen LogP contribution in [0.1, 0.15) is 10.4 Å². The molecule has 1 aromatic carbocycles. The number of carboxylic acid groups (broad SMARTS) is 1. The summed E-state index contributed by atoms with van der Waals surface area (Å²) in [5, 5.41) is 9.18. The molecule has 7 nitrogen and oxygen atoms in total. The van der Waals surface area contributed by atoms with Crippen LogP contribution in [0.3, 0.4) is 0 Å². The summed E-state index contributed by atoms with van der Waals surface area (Å²) in [6.45, 7) is 1.50. The van der Waals surface area contributed by atoms with Crippen LogP contribution in [0.25, 0.3) is 0 Å². The van der Waals surface area contributed by atoms with Crippen LogP contribution in [-0.2, 0) is 9.53 Å². The maximum absolute atomic E-state index is 12.5. The standard InChI is InChI=1S/C14H15NO6/c16-13(15-3-4-19-8-10(15)14(17)18)9-1-2-11-12(7-9)21-6-5-20-11/h1-2,7,10H,3-6,8H2,(H,17,18)/t10-/m1/s1. The number of carbonyl (C=O) groups is 2. The van der Waals surface area contributed by atoms with E-state index in [0.29, 0.717) is 36.9 Å². The SMILES string of the molecule is O=C(O)[C@H]1COCCN1C(=O)c1ccc2c(c1)OCCO2. The first-order valence-corrected chi connectivity index (χ1v) is 6.68. The molecule has 112 valence electrons. The number of aliphatic carboxylic acids is 1. The van der Waals surface area contributed by atoms with Crippen molar-refractivity contribution in [2.24, 2.45) is 0 Å². The molecule has 0 aromatic heterocycles. The molecule has 2 heterocycles. The van der Waals surface area contributed by atoms with Gasteiger partial charge in [0, 0.05) is 12.1 Å². The van der Waals surface area contributed by atoms with Crippen LogP contribution in [-0.4, -0.2) is 60.9 Å². The molecule has 1 saturated heterocycles. The van der Waals surface area contributed by atoms with E-state index in [9.17, 15) is 14.7 Å². The van der Waals surface area contributed by atoms with Crippen LogP contribution < -0.4 is 9.47 Å². The fourth-order valence-corrected chi connectivity index (χ4v) is 2.39. The maximum atomic E-state index is 12.5. The number of fused-ring (bicyclic) bond motifs is 1. The van der Waals surface area contributed by atoms with Gasteiger partial charge in [-0.25, -0.2) is 4.79 Å². The number of carbonyl (C=O) groups excluding carboxylic acids is 1. The Bertz CT molecular complexity index is 573. The molecule has 0 unspecified atom stereocenters. The molecule has 1 amide bonds. The second-order valence-corrected chi connectivity index (χ2v) is 4.79. The van der Waals surface area contributed by atoms with Crippen LogP contribution in [0.5, 0.6) is 11.5 Å². The topological polar surface area (TPSA) is 85.3 Å². The molecule has 3 rings (SSSR count). The van der Waals surface area contributed by atoms with Crippen molar-refractivity contribution in [1.29, 1.82) is 0 Å². The highest BCUT2D eigenvalue weighted by Gasteiger charge is 2.33. The lowest BCUT2D eigenvalue weighted by molar-refractivity contribution is -0.147. The molecular weight excluding hydrogens is 278 g/mol. The first kappa shape index (κ1) is 13.7. The number of hydrogen-bond acceptors (Lipinski definition) is 5. The molecule has 0 aliphatic carbocycles. The van der Waals surface area contributed by atoms with Crippen molar-refractivity contribution in [1.82, 2.24) is 4.90 Å². The van der Waals surface area contributed by atoms with Crippen molar-refractivity contribution < 1.29 is 28.9 Å². The van der Waals surface area contributed by atoms with Gasteiger partial charge in [0.05, 0.1) is 13.2 Å². The molecule has 0 spiro atoms. The smallest absolute Gasteiger partial charge is 0.328 e. The minimum atomic E-state index is -1.07. The summed E-state index contributed by atoms with van der Waals surface area (Å²) < 4.78 is 16.0. The Balaban J connectivity index is 1.85. The van der Waals surface area contributed by atoms with Gasteiger partial charge in [0.15, 0.2) is 17.5 Å². The molecule has 21 heavy (non-hydrogen) atoms. The van der Waals surface area contributed by atoms with E-state index in [-0.39, 0.29) is 19.1 Å². The molecule has 1 fully saturated rings. The van der Waals surface area contributed by atoms with Gasteiger partial charge in [-0.05, 0) is 18.2 Å². The van der Waals surface area contributed by atoms with Crippen LogP contribution in [0, 0.1) is 0 Å². The zero-order valence-corrected chi connectivity index (χ0v) is 11.3. The first-order chi connectivity index (χ1) is 10.2. The third kappa shape index (κ3) is 2.64. The summed E-state index contributed by atoms with van der Waals surface area (Å²) in [4.78, 5) is 25.0. The fraction of sp³-hybridized carbons (Fsp3) is 0.429. The predicted molar refractivity (Wildman–Crippen MR) is 70.7 cm³/mol. The first-order valence-electron chi connectivity index (χ1n) is 6.68. The van der Waals surface area contributed by atoms with E-state index < -0.39 is 12.0 Å². The van der Waals surface area contributed by atoms with Gasteiger partial charge in [-0.15, -0.1) is 0 Å². The summed E-state index contributed by atoms with van der Waals surface area (Å²) in [6.07, 6.45) is 0. The Morgan fingerprint density at radius 3 is 2.67 bits per heavy atom. The van der Waals surface area contributed by atoms with Gasteiger partial charge in [-0.2, -0.15) is 0 Å².